The quantitative estimate of drug-likeness (QED) is 0.751. The second-order valence-electron chi connectivity index (χ2n) is 6.53. The van der Waals surface area contributed by atoms with Crippen LogP contribution in [0, 0.1) is 5.92 Å². The van der Waals surface area contributed by atoms with Gasteiger partial charge < -0.3 is 4.74 Å². The fraction of sp³-hybridized carbons (Fsp3) is 0.227. The topological polar surface area (TPSA) is 55.7 Å². The second-order valence-corrected chi connectivity index (χ2v) is 7.62. The largest absolute Gasteiger partial charge is 0.468 e. The van der Waals surface area contributed by atoms with Gasteiger partial charge in [-0.05, 0) is 16.7 Å². The van der Waals surface area contributed by atoms with Gasteiger partial charge in [-0.1, -0.05) is 54.6 Å². The number of ether oxygens (including phenoxy) is 1. The molecule has 4 nitrogen and oxygen atoms in total. The average Bonchev–Trinajstić information content (AvgIpc) is 2.73. The maximum atomic E-state index is 12.7. The number of carbonyl (C=O) groups excluding carboxylic acids is 2. The van der Waals surface area contributed by atoms with Gasteiger partial charge in [0.25, 0.3) is 0 Å². The molecule has 2 heterocycles. The molecule has 0 saturated heterocycles. The Kier molecular flexibility index (Phi) is 4.94. The first-order valence-electron chi connectivity index (χ1n) is 8.86. The van der Waals surface area contributed by atoms with Crippen LogP contribution in [0.25, 0.3) is 11.1 Å². The molecular weight excluding hydrogens is 358 g/mol. The van der Waals surface area contributed by atoms with Crippen molar-refractivity contribution in [1.82, 2.24) is 0 Å². The van der Waals surface area contributed by atoms with Crippen molar-refractivity contribution in [3.63, 3.8) is 0 Å². The highest BCUT2D eigenvalue weighted by atomic mass is 32.2. The number of aliphatic imine (C=N–C) groups is 1. The van der Waals surface area contributed by atoms with Gasteiger partial charge in [0, 0.05) is 29.9 Å². The van der Waals surface area contributed by atoms with Gasteiger partial charge in [0.15, 0.2) is 5.78 Å². The van der Waals surface area contributed by atoms with Gasteiger partial charge in [-0.25, -0.2) is 0 Å². The van der Waals surface area contributed by atoms with Crippen molar-refractivity contribution in [1.29, 1.82) is 0 Å². The normalized spacial score (nSPS) is 21.7. The summed E-state index contributed by atoms with van der Waals surface area (Å²) in [6, 6.07) is 18.2. The molecule has 27 heavy (non-hydrogen) atoms. The van der Waals surface area contributed by atoms with E-state index in [1.54, 1.807) is 18.0 Å². The Morgan fingerprint density at radius 2 is 1.78 bits per heavy atom. The first-order valence-corrected chi connectivity index (χ1v) is 9.85. The molecule has 2 unspecified atom stereocenters. The third-order valence-electron chi connectivity index (χ3n) is 4.97. The highest BCUT2D eigenvalue weighted by Gasteiger charge is 2.40. The maximum absolute atomic E-state index is 12.7. The Balaban J connectivity index is 1.76. The zero-order valence-electron chi connectivity index (χ0n) is 14.9. The summed E-state index contributed by atoms with van der Waals surface area (Å²) in [5.41, 5.74) is 3.80. The molecule has 0 fully saturated rings. The molecule has 0 saturated carbocycles. The molecular formula is C22H19NO3S. The summed E-state index contributed by atoms with van der Waals surface area (Å²) in [5.74, 6) is -0.496. The molecule has 5 heteroatoms. The van der Waals surface area contributed by atoms with Gasteiger partial charge in [-0.2, -0.15) is 0 Å². The number of esters is 1. The minimum atomic E-state index is -0.584. The van der Waals surface area contributed by atoms with E-state index >= 15 is 0 Å². The molecule has 2 aliphatic rings. The molecule has 0 spiro atoms. The summed E-state index contributed by atoms with van der Waals surface area (Å²) in [4.78, 5) is 29.4. The Bertz CT molecular complexity index is 932. The number of hydrogen-bond donors (Lipinski definition) is 0. The molecule has 136 valence electrons. The van der Waals surface area contributed by atoms with Crippen molar-refractivity contribution in [2.24, 2.45) is 10.9 Å². The number of allylic oxidation sites excluding steroid dienone is 1. The van der Waals surface area contributed by atoms with Crippen molar-refractivity contribution in [2.75, 3.05) is 12.9 Å². The maximum Gasteiger partial charge on any atom is 0.315 e. The number of hydrogen-bond acceptors (Lipinski definition) is 5. The van der Waals surface area contributed by atoms with Crippen LogP contribution in [0.5, 0.6) is 0 Å². The highest BCUT2D eigenvalue weighted by molar-refractivity contribution is 8.03. The number of ketones is 1. The van der Waals surface area contributed by atoms with Gasteiger partial charge in [-0.3, -0.25) is 14.6 Å². The van der Waals surface area contributed by atoms with E-state index in [4.69, 9.17) is 4.74 Å². The highest BCUT2D eigenvalue weighted by Crippen LogP contribution is 2.44. The number of rotatable bonds is 3. The van der Waals surface area contributed by atoms with E-state index < -0.39 is 5.92 Å². The standard InChI is InChI=1S/C22H19NO3S/c1-26-22(25)17-13-23-21-20(18(24)11-12-27-21)19(17)16-9-7-15(8-10-16)14-5-3-2-4-6-14/h2-10,13,17,19H,11-12H2,1H3. The monoisotopic (exact) mass is 377 g/mol. The van der Waals surface area contributed by atoms with Crippen LogP contribution in [0.15, 0.2) is 70.2 Å². The minimum absolute atomic E-state index is 0.0756. The molecule has 0 bridgehead atoms. The molecule has 2 aliphatic heterocycles. The fourth-order valence-electron chi connectivity index (χ4n) is 3.62. The lowest BCUT2D eigenvalue weighted by molar-refractivity contribution is -0.143. The SMILES string of the molecule is COC(=O)C1C=NC2=C(C(=O)CCS2)C1c1ccc(-c2ccccc2)cc1. The van der Waals surface area contributed by atoms with Gasteiger partial charge >= 0.3 is 5.97 Å². The van der Waals surface area contributed by atoms with Crippen molar-refractivity contribution in [3.05, 3.63) is 70.8 Å². The Morgan fingerprint density at radius 1 is 1.07 bits per heavy atom. The Labute approximate surface area is 162 Å². The number of Topliss-reactive ketones (excluding diaryl/α,β-unsaturated/α-hetero) is 1. The van der Waals surface area contributed by atoms with E-state index in [2.05, 4.69) is 17.1 Å². The van der Waals surface area contributed by atoms with Crippen LogP contribution in [-0.2, 0) is 14.3 Å². The van der Waals surface area contributed by atoms with Crippen molar-refractivity contribution in [3.8, 4) is 11.1 Å². The van der Waals surface area contributed by atoms with Gasteiger partial charge in [0.2, 0.25) is 0 Å². The second kappa shape index (κ2) is 7.53. The first kappa shape index (κ1) is 17.7. The van der Waals surface area contributed by atoms with Gasteiger partial charge in [0.1, 0.15) is 10.9 Å². The minimum Gasteiger partial charge on any atom is -0.468 e. The third kappa shape index (κ3) is 3.35. The molecule has 0 amide bonds. The first-order chi connectivity index (χ1) is 13.2. The molecule has 0 aromatic heterocycles. The summed E-state index contributed by atoms with van der Waals surface area (Å²) in [6.07, 6.45) is 2.11. The van der Waals surface area contributed by atoms with Crippen LogP contribution in [0.4, 0.5) is 0 Å². The molecule has 4 rings (SSSR count). The van der Waals surface area contributed by atoms with E-state index in [0.29, 0.717) is 12.0 Å². The molecule has 0 radical (unpaired) electrons. The van der Waals surface area contributed by atoms with Crippen LogP contribution in [0.3, 0.4) is 0 Å². The summed E-state index contributed by atoms with van der Waals surface area (Å²) in [7, 11) is 1.37. The van der Waals surface area contributed by atoms with Gasteiger partial charge in [-0.15, -0.1) is 11.8 Å². The summed E-state index contributed by atoms with van der Waals surface area (Å²) < 4.78 is 4.98. The fourth-order valence-corrected chi connectivity index (χ4v) is 4.63. The van der Waals surface area contributed by atoms with E-state index in [9.17, 15) is 9.59 Å². The number of benzene rings is 2. The lowest BCUT2D eigenvalue weighted by Crippen LogP contribution is -2.32. The number of nitrogens with zero attached hydrogens (tertiary/aromatic N) is 1. The van der Waals surface area contributed by atoms with E-state index in [0.717, 1.165) is 27.5 Å². The van der Waals surface area contributed by atoms with Crippen molar-refractivity contribution >= 4 is 29.7 Å². The predicted octanol–water partition coefficient (Wildman–Crippen LogP) is 4.23. The Hall–Kier alpha value is -2.66. The number of carbonyl (C=O) groups is 2. The molecule has 0 N–H and O–H groups in total. The van der Waals surface area contributed by atoms with E-state index in [-0.39, 0.29) is 17.7 Å². The third-order valence-corrected chi connectivity index (χ3v) is 5.98. The van der Waals surface area contributed by atoms with E-state index in [1.165, 1.54) is 7.11 Å². The van der Waals surface area contributed by atoms with Crippen LogP contribution >= 0.6 is 11.8 Å². The van der Waals surface area contributed by atoms with Crippen LogP contribution in [0.2, 0.25) is 0 Å². The molecule has 0 aliphatic carbocycles. The smallest absolute Gasteiger partial charge is 0.315 e. The zero-order valence-corrected chi connectivity index (χ0v) is 15.7. The molecule has 2 atom stereocenters. The van der Waals surface area contributed by atoms with Gasteiger partial charge in [0.05, 0.1) is 7.11 Å². The van der Waals surface area contributed by atoms with Crippen LogP contribution in [0.1, 0.15) is 17.9 Å². The summed E-state index contributed by atoms with van der Waals surface area (Å²) in [6.45, 7) is 0. The number of thioether (sulfide) groups is 1. The molecule has 2 aromatic rings. The lowest BCUT2D eigenvalue weighted by atomic mass is 9.77. The van der Waals surface area contributed by atoms with Crippen LogP contribution < -0.4 is 0 Å². The zero-order chi connectivity index (χ0) is 18.8. The lowest BCUT2D eigenvalue weighted by Gasteiger charge is -2.31. The Morgan fingerprint density at radius 3 is 2.48 bits per heavy atom. The summed E-state index contributed by atoms with van der Waals surface area (Å²) >= 11 is 1.58. The summed E-state index contributed by atoms with van der Waals surface area (Å²) in [5, 5.41) is 0.739. The number of methoxy groups -OCH3 is 1. The average molecular weight is 377 g/mol. The van der Waals surface area contributed by atoms with E-state index in [1.807, 2.05) is 42.5 Å². The van der Waals surface area contributed by atoms with Crippen LogP contribution in [-0.4, -0.2) is 30.8 Å². The molecule has 2 aromatic carbocycles. The van der Waals surface area contributed by atoms with Crippen molar-refractivity contribution < 1.29 is 14.3 Å². The predicted molar refractivity (Wildman–Crippen MR) is 108 cm³/mol. The van der Waals surface area contributed by atoms with Crippen molar-refractivity contribution in [2.45, 2.75) is 12.3 Å².